The molecule has 2 aliphatic heterocycles. The number of rotatable bonds is 4. The molecule has 2 fully saturated rings. The first-order chi connectivity index (χ1) is 15.5. The van der Waals surface area contributed by atoms with E-state index in [1.807, 2.05) is 24.3 Å². The largest absolute Gasteiger partial charge is 0.492 e. The Labute approximate surface area is 192 Å². The van der Waals surface area contributed by atoms with E-state index in [1.54, 1.807) is 0 Å². The number of carbonyl (C=O) groups excluding carboxylic acids is 1. The maximum Gasteiger partial charge on any atom is 0.255 e. The fraction of sp³-hybridized carbons (Fsp3) is 0.536. The fourth-order valence-electron chi connectivity index (χ4n) is 5.87. The Bertz CT molecular complexity index is 952. The van der Waals surface area contributed by atoms with Gasteiger partial charge in [0.25, 0.3) is 5.91 Å². The van der Waals surface area contributed by atoms with Crippen molar-refractivity contribution in [3.8, 4) is 5.75 Å². The van der Waals surface area contributed by atoms with Gasteiger partial charge < -0.3 is 15.0 Å². The number of likely N-dealkylation sites (tertiary alicyclic amines) is 1. The molecule has 1 amide bonds. The Morgan fingerprint density at radius 2 is 1.75 bits per heavy atom. The highest BCUT2D eigenvalue weighted by molar-refractivity contribution is 6.04. The molecule has 1 saturated heterocycles. The Morgan fingerprint density at radius 1 is 1.03 bits per heavy atom. The molecule has 0 radical (unpaired) electrons. The Balaban J connectivity index is 1.28. The summed E-state index contributed by atoms with van der Waals surface area (Å²) in [5, 5.41) is 3.13. The zero-order valence-corrected chi connectivity index (χ0v) is 19.5. The summed E-state index contributed by atoms with van der Waals surface area (Å²) >= 11 is 0. The zero-order chi connectivity index (χ0) is 22.1. The molecule has 2 aromatic rings. The standard InChI is InChI=1S/C28H36N2O2/c1-20(2)30-16-14-28(15-17-30)19-32-26-13-12-24(18-25(26)28)29-27(31)23-10-8-22(9-11-23)21-6-4-3-5-7-21/h8-13,18,20-21H,3-7,14-17,19H2,1-2H3,(H,29,31). The number of ether oxygens (including phenoxy) is 1. The van der Waals surface area contributed by atoms with Gasteiger partial charge in [0.1, 0.15) is 5.75 Å². The van der Waals surface area contributed by atoms with Gasteiger partial charge in [0.15, 0.2) is 0 Å². The highest BCUT2D eigenvalue weighted by Crippen LogP contribution is 2.46. The van der Waals surface area contributed by atoms with Crippen LogP contribution in [-0.4, -0.2) is 36.5 Å². The van der Waals surface area contributed by atoms with Crippen LogP contribution in [0.3, 0.4) is 0 Å². The number of anilines is 1. The number of hydrogen-bond donors (Lipinski definition) is 1. The number of benzene rings is 2. The van der Waals surface area contributed by atoms with Gasteiger partial charge in [-0.05, 0) is 94.4 Å². The molecule has 3 aliphatic rings. The molecular formula is C28H36N2O2. The lowest BCUT2D eigenvalue weighted by Gasteiger charge is -2.40. The number of amides is 1. The summed E-state index contributed by atoms with van der Waals surface area (Å²) in [6.07, 6.45) is 8.78. The Morgan fingerprint density at radius 3 is 2.44 bits per heavy atom. The van der Waals surface area contributed by atoms with Gasteiger partial charge in [-0.25, -0.2) is 0 Å². The quantitative estimate of drug-likeness (QED) is 0.633. The molecule has 0 bridgehead atoms. The van der Waals surface area contributed by atoms with Crippen molar-refractivity contribution in [1.82, 2.24) is 4.90 Å². The van der Waals surface area contributed by atoms with Crippen molar-refractivity contribution in [2.75, 3.05) is 25.0 Å². The number of carbonyl (C=O) groups is 1. The first-order valence-electron chi connectivity index (χ1n) is 12.5. The van der Waals surface area contributed by atoms with Gasteiger partial charge in [-0.15, -0.1) is 0 Å². The van der Waals surface area contributed by atoms with E-state index in [-0.39, 0.29) is 11.3 Å². The van der Waals surface area contributed by atoms with Gasteiger partial charge in [0, 0.05) is 28.3 Å². The van der Waals surface area contributed by atoms with Crippen LogP contribution in [0.25, 0.3) is 0 Å². The predicted octanol–water partition coefficient (Wildman–Crippen LogP) is 6.12. The van der Waals surface area contributed by atoms with Crippen LogP contribution < -0.4 is 10.1 Å². The van der Waals surface area contributed by atoms with E-state index in [0.29, 0.717) is 12.0 Å². The van der Waals surface area contributed by atoms with E-state index in [2.05, 4.69) is 42.3 Å². The number of hydrogen-bond acceptors (Lipinski definition) is 3. The zero-order valence-electron chi connectivity index (χ0n) is 19.5. The molecule has 1 saturated carbocycles. The van der Waals surface area contributed by atoms with Crippen LogP contribution in [0.1, 0.15) is 86.2 Å². The van der Waals surface area contributed by atoms with Gasteiger partial charge >= 0.3 is 0 Å². The molecule has 1 spiro atoms. The van der Waals surface area contributed by atoms with Crippen LogP contribution in [0.5, 0.6) is 5.75 Å². The van der Waals surface area contributed by atoms with Crippen molar-refractivity contribution in [3.63, 3.8) is 0 Å². The second-order valence-electron chi connectivity index (χ2n) is 10.3. The van der Waals surface area contributed by atoms with Gasteiger partial charge in [-0.1, -0.05) is 31.4 Å². The average molecular weight is 433 g/mol. The fourth-order valence-corrected chi connectivity index (χ4v) is 5.87. The normalized spacial score (nSPS) is 20.8. The van der Waals surface area contributed by atoms with E-state index in [0.717, 1.165) is 49.5 Å². The third-order valence-corrected chi connectivity index (χ3v) is 8.05. The van der Waals surface area contributed by atoms with E-state index in [1.165, 1.54) is 43.2 Å². The van der Waals surface area contributed by atoms with Gasteiger partial charge in [0.05, 0.1) is 6.61 Å². The van der Waals surface area contributed by atoms with Crippen LogP contribution >= 0.6 is 0 Å². The van der Waals surface area contributed by atoms with Gasteiger partial charge in [-0.3, -0.25) is 4.79 Å². The van der Waals surface area contributed by atoms with Crippen LogP contribution in [-0.2, 0) is 5.41 Å². The second-order valence-corrected chi connectivity index (χ2v) is 10.3. The highest BCUT2D eigenvalue weighted by atomic mass is 16.5. The molecule has 5 rings (SSSR count). The van der Waals surface area contributed by atoms with E-state index in [9.17, 15) is 4.79 Å². The lowest BCUT2D eigenvalue weighted by Crippen LogP contribution is -2.46. The third-order valence-electron chi connectivity index (χ3n) is 8.05. The molecule has 0 atom stereocenters. The molecule has 2 heterocycles. The molecule has 1 aliphatic carbocycles. The Kier molecular flexibility index (Phi) is 5.98. The van der Waals surface area contributed by atoms with Crippen LogP contribution in [0, 0.1) is 0 Å². The van der Waals surface area contributed by atoms with Crippen molar-refractivity contribution in [2.45, 2.75) is 76.2 Å². The molecule has 4 heteroatoms. The van der Waals surface area contributed by atoms with Crippen molar-refractivity contribution in [3.05, 3.63) is 59.2 Å². The minimum atomic E-state index is -0.0391. The minimum absolute atomic E-state index is 0.0391. The first kappa shape index (κ1) is 21.5. The maximum absolute atomic E-state index is 12.9. The van der Waals surface area contributed by atoms with Crippen molar-refractivity contribution < 1.29 is 9.53 Å². The number of fused-ring (bicyclic) bond motifs is 2. The lowest BCUT2D eigenvalue weighted by molar-refractivity contribution is 0.102. The number of nitrogens with zero attached hydrogens (tertiary/aromatic N) is 1. The van der Waals surface area contributed by atoms with Crippen molar-refractivity contribution >= 4 is 11.6 Å². The Hall–Kier alpha value is -2.33. The van der Waals surface area contributed by atoms with E-state index >= 15 is 0 Å². The molecular weight excluding hydrogens is 396 g/mol. The molecule has 170 valence electrons. The van der Waals surface area contributed by atoms with Gasteiger partial charge in [0.2, 0.25) is 0 Å². The maximum atomic E-state index is 12.9. The first-order valence-corrected chi connectivity index (χ1v) is 12.5. The molecule has 0 aromatic heterocycles. The number of nitrogens with one attached hydrogen (secondary N) is 1. The lowest BCUT2D eigenvalue weighted by atomic mass is 9.74. The van der Waals surface area contributed by atoms with Crippen LogP contribution in [0.4, 0.5) is 5.69 Å². The minimum Gasteiger partial charge on any atom is -0.492 e. The summed E-state index contributed by atoms with van der Waals surface area (Å²) in [7, 11) is 0. The summed E-state index contributed by atoms with van der Waals surface area (Å²) in [6.45, 7) is 7.50. The van der Waals surface area contributed by atoms with Crippen molar-refractivity contribution in [1.29, 1.82) is 0 Å². The van der Waals surface area contributed by atoms with E-state index in [4.69, 9.17) is 4.74 Å². The second kappa shape index (κ2) is 8.90. The summed E-state index contributed by atoms with van der Waals surface area (Å²) in [5.74, 6) is 1.61. The molecule has 0 unspecified atom stereocenters. The van der Waals surface area contributed by atoms with Gasteiger partial charge in [-0.2, -0.15) is 0 Å². The van der Waals surface area contributed by atoms with Crippen LogP contribution in [0.15, 0.2) is 42.5 Å². The smallest absolute Gasteiger partial charge is 0.255 e. The summed E-state index contributed by atoms with van der Waals surface area (Å²) in [4.78, 5) is 15.5. The summed E-state index contributed by atoms with van der Waals surface area (Å²) in [6, 6.07) is 15.0. The summed E-state index contributed by atoms with van der Waals surface area (Å²) in [5.41, 5.74) is 4.32. The topological polar surface area (TPSA) is 41.6 Å². The molecule has 1 N–H and O–H groups in total. The average Bonchev–Trinajstić information content (AvgIpc) is 3.17. The SMILES string of the molecule is CC(C)N1CCC2(CC1)COc1ccc(NC(=O)c3ccc(C4CCCCC4)cc3)cc12. The number of piperidine rings is 1. The monoisotopic (exact) mass is 432 g/mol. The third kappa shape index (κ3) is 4.17. The predicted molar refractivity (Wildman–Crippen MR) is 130 cm³/mol. The molecule has 2 aromatic carbocycles. The van der Waals surface area contributed by atoms with Crippen LogP contribution in [0.2, 0.25) is 0 Å². The molecule has 32 heavy (non-hydrogen) atoms. The van der Waals surface area contributed by atoms with E-state index < -0.39 is 0 Å². The molecule has 4 nitrogen and oxygen atoms in total. The summed E-state index contributed by atoms with van der Waals surface area (Å²) < 4.78 is 6.07. The highest BCUT2D eigenvalue weighted by Gasteiger charge is 2.43. The van der Waals surface area contributed by atoms with Crippen molar-refractivity contribution in [2.24, 2.45) is 0 Å².